The molecule has 2 rings (SSSR count). The molecular weight excluding hydrogens is 228 g/mol. The van der Waals surface area contributed by atoms with Gasteiger partial charge in [0.05, 0.1) is 12.8 Å². The number of nitrogens with zero attached hydrogens (tertiary/aromatic N) is 1. The summed E-state index contributed by atoms with van der Waals surface area (Å²) >= 11 is 0. The van der Waals surface area contributed by atoms with Crippen LogP contribution in [0, 0.1) is 6.92 Å². The predicted octanol–water partition coefficient (Wildman–Crippen LogP) is 2.39. The van der Waals surface area contributed by atoms with E-state index in [2.05, 4.69) is 29.5 Å². The van der Waals surface area contributed by atoms with Gasteiger partial charge in [-0.3, -0.25) is 0 Å². The second kappa shape index (κ2) is 6.33. The highest BCUT2D eigenvalue weighted by Gasteiger charge is 2.11. The van der Waals surface area contributed by atoms with Crippen LogP contribution in [0.3, 0.4) is 0 Å². The molecule has 96 valence electrons. The molecule has 0 saturated heterocycles. The summed E-state index contributed by atoms with van der Waals surface area (Å²) in [5, 5.41) is 7.19. The molecule has 2 aromatic rings. The van der Waals surface area contributed by atoms with Crippen LogP contribution in [0.5, 0.6) is 0 Å². The quantitative estimate of drug-likeness (QED) is 0.795. The van der Waals surface area contributed by atoms with E-state index in [-0.39, 0.29) is 0 Å². The summed E-state index contributed by atoms with van der Waals surface area (Å²) in [6, 6.07) is 8.15. The molecule has 1 aromatic heterocycles. The van der Waals surface area contributed by atoms with Crippen molar-refractivity contribution in [2.24, 2.45) is 0 Å². The van der Waals surface area contributed by atoms with Gasteiger partial charge in [-0.2, -0.15) is 0 Å². The third-order valence-corrected chi connectivity index (χ3v) is 2.83. The molecule has 0 unspecified atom stereocenters. The van der Waals surface area contributed by atoms with E-state index >= 15 is 0 Å². The highest BCUT2D eigenvalue weighted by atomic mass is 16.5. The Morgan fingerprint density at radius 3 is 2.94 bits per heavy atom. The molecule has 1 N–H and O–H groups in total. The highest BCUT2D eigenvalue weighted by Crippen LogP contribution is 2.26. The van der Waals surface area contributed by atoms with Crippen LogP contribution < -0.4 is 5.32 Å². The van der Waals surface area contributed by atoms with E-state index < -0.39 is 0 Å². The fraction of sp³-hybridized carbons (Fsp3) is 0.357. The maximum atomic E-state index is 5.37. The van der Waals surface area contributed by atoms with E-state index in [9.17, 15) is 0 Å². The Balaban J connectivity index is 2.10. The van der Waals surface area contributed by atoms with E-state index in [1.165, 1.54) is 5.56 Å². The molecule has 4 nitrogen and oxygen atoms in total. The Kier molecular flexibility index (Phi) is 4.50. The first-order valence-corrected chi connectivity index (χ1v) is 6.02. The summed E-state index contributed by atoms with van der Waals surface area (Å²) in [6.45, 7) is 4.32. The molecule has 0 aliphatic rings. The van der Waals surface area contributed by atoms with Crippen molar-refractivity contribution in [1.82, 2.24) is 10.5 Å². The topological polar surface area (TPSA) is 47.3 Å². The molecule has 0 bridgehead atoms. The van der Waals surface area contributed by atoms with Crippen LogP contribution in [-0.2, 0) is 11.3 Å². The van der Waals surface area contributed by atoms with Crippen molar-refractivity contribution in [2.75, 3.05) is 20.3 Å². The van der Waals surface area contributed by atoms with Crippen molar-refractivity contribution in [3.05, 3.63) is 41.6 Å². The van der Waals surface area contributed by atoms with E-state index in [1.807, 2.05) is 12.1 Å². The molecule has 1 aromatic carbocycles. The number of aromatic nitrogens is 1. The van der Waals surface area contributed by atoms with Gasteiger partial charge in [0.15, 0.2) is 5.76 Å². The zero-order valence-electron chi connectivity index (χ0n) is 10.8. The van der Waals surface area contributed by atoms with E-state index in [0.29, 0.717) is 6.61 Å². The molecule has 0 amide bonds. The monoisotopic (exact) mass is 246 g/mol. The summed E-state index contributed by atoms with van der Waals surface area (Å²) in [4.78, 5) is 0. The molecular formula is C14H18N2O2. The van der Waals surface area contributed by atoms with Crippen LogP contribution >= 0.6 is 0 Å². The lowest BCUT2D eigenvalue weighted by Gasteiger charge is -2.05. The number of methoxy groups -OCH3 is 1. The average molecular weight is 246 g/mol. The summed E-state index contributed by atoms with van der Waals surface area (Å²) in [5.74, 6) is 0.845. The molecule has 0 atom stereocenters. The first kappa shape index (κ1) is 12.8. The number of hydrogen-bond donors (Lipinski definition) is 1. The molecule has 18 heavy (non-hydrogen) atoms. The molecule has 4 heteroatoms. The molecule has 0 spiro atoms. The van der Waals surface area contributed by atoms with Crippen molar-refractivity contribution in [1.29, 1.82) is 0 Å². The van der Waals surface area contributed by atoms with Gasteiger partial charge in [0, 0.05) is 31.3 Å². The Morgan fingerprint density at radius 1 is 1.33 bits per heavy atom. The van der Waals surface area contributed by atoms with Crippen molar-refractivity contribution in [2.45, 2.75) is 13.5 Å². The minimum atomic E-state index is 0.699. The minimum Gasteiger partial charge on any atom is -0.383 e. The Morgan fingerprint density at radius 2 is 2.17 bits per heavy atom. The standard InChI is InChI=1S/C14H18N2O2/c1-11-5-3-4-6-13(11)14-12(10-16-18-14)9-15-7-8-17-2/h3-6,10,15H,7-9H2,1-2H3. The zero-order chi connectivity index (χ0) is 12.8. The van der Waals surface area contributed by atoms with E-state index in [4.69, 9.17) is 9.26 Å². The SMILES string of the molecule is COCCNCc1cnoc1-c1ccccc1C. The minimum absolute atomic E-state index is 0.699. The normalized spacial score (nSPS) is 10.8. The molecule has 0 fully saturated rings. The number of ether oxygens (including phenoxy) is 1. The number of aryl methyl sites for hydroxylation is 1. The Labute approximate surface area is 107 Å². The number of hydrogen-bond acceptors (Lipinski definition) is 4. The largest absolute Gasteiger partial charge is 0.383 e. The van der Waals surface area contributed by atoms with Crippen molar-refractivity contribution >= 4 is 0 Å². The van der Waals surface area contributed by atoms with Gasteiger partial charge < -0.3 is 14.6 Å². The maximum Gasteiger partial charge on any atom is 0.171 e. The number of benzene rings is 1. The smallest absolute Gasteiger partial charge is 0.171 e. The summed E-state index contributed by atoms with van der Waals surface area (Å²) in [5.41, 5.74) is 3.35. The molecule has 1 heterocycles. The third-order valence-electron chi connectivity index (χ3n) is 2.83. The van der Waals surface area contributed by atoms with Gasteiger partial charge in [-0.15, -0.1) is 0 Å². The summed E-state index contributed by atoms with van der Waals surface area (Å²) < 4.78 is 10.4. The lowest BCUT2D eigenvalue weighted by Crippen LogP contribution is -2.18. The van der Waals surface area contributed by atoms with Gasteiger partial charge in [-0.1, -0.05) is 29.4 Å². The van der Waals surface area contributed by atoms with Gasteiger partial charge in [-0.05, 0) is 12.5 Å². The van der Waals surface area contributed by atoms with E-state index in [0.717, 1.165) is 30.0 Å². The highest BCUT2D eigenvalue weighted by molar-refractivity contribution is 5.64. The van der Waals surface area contributed by atoms with Gasteiger partial charge in [0.25, 0.3) is 0 Å². The van der Waals surface area contributed by atoms with Crippen LogP contribution in [0.2, 0.25) is 0 Å². The Hall–Kier alpha value is -1.65. The van der Waals surface area contributed by atoms with Gasteiger partial charge >= 0.3 is 0 Å². The fourth-order valence-electron chi connectivity index (χ4n) is 1.83. The average Bonchev–Trinajstić information content (AvgIpc) is 2.83. The van der Waals surface area contributed by atoms with Crippen LogP contribution in [0.25, 0.3) is 11.3 Å². The fourth-order valence-corrected chi connectivity index (χ4v) is 1.83. The van der Waals surface area contributed by atoms with Gasteiger partial charge in [0.1, 0.15) is 0 Å². The lowest BCUT2D eigenvalue weighted by atomic mass is 10.0. The van der Waals surface area contributed by atoms with Crippen molar-refractivity contribution in [3.63, 3.8) is 0 Å². The van der Waals surface area contributed by atoms with Gasteiger partial charge in [-0.25, -0.2) is 0 Å². The maximum absolute atomic E-state index is 5.37. The molecule has 0 saturated carbocycles. The second-order valence-corrected chi connectivity index (χ2v) is 4.16. The van der Waals surface area contributed by atoms with Crippen LogP contribution in [0.15, 0.2) is 35.0 Å². The third kappa shape index (κ3) is 2.97. The number of rotatable bonds is 6. The van der Waals surface area contributed by atoms with Crippen molar-refractivity contribution < 1.29 is 9.26 Å². The van der Waals surface area contributed by atoms with Gasteiger partial charge in [0.2, 0.25) is 0 Å². The van der Waals surface area contributed by atoms with Crippen LogP contribution in [-0.4, -0.2) is 25.4 Å². The predicted molar refractivity (Wildman–Crippen MR) is 70.3 cm³/mol. The number of nitrogens with one attached hydrogen (secondary N) is 1. The van der Waals surface area contributed by atoms with E-state index in [1.54, 1.807) is 13.3 Å². The summed E-state index contributed by atoms with van der Waals surface area (Å²) in [7, 11) is 1.69. The molecule has 0 radical (unpaired) electrons. The lowest BCUT2D eigenvalue weighted by molar-refractivity contribution is 0.199. The summed E-state index contributed by atoms with van der Waals surface area (Å²) in [6.07, 6.45) is 1.77. The van der Waals surface area contributed by atoms with Crippen LogP contribution in [0.4, 0.5) is 0 Å². The molecule has 0 aliphatic carbocycles. The first-order valence-electron chi connectivity index (χ1n) is 6.02. The first-order chi connectivity index (χ1) is 8.83. The molecule has 0 aliphatic heterocycles. The zero-order valence-corrected chi connectivity index (χ0v) is 10.8. The Bertz CT molecular complexity index is 494. The second-order valence-electron chi connectivity index (χ2n) is 4.16. The van der Waals surface area contributed by atoms with Crippen LogP contribution in [0.1, 0.15) is 11.1 Å². The van der Waals surface area contributed by atoms with Crippen molar-refractivity contribution in [3.8, 4) is 11.3 Å².